The van der Waals surface area contributed by atoms with Gasteiger partial charge in [0.2, 0.25) is 5.89 Å². The highest BCUT2D eigenvalue weighted by atomic mass is 16.5. The van der Waals surface area contributed by atoms with Crippen LogP contribution in [-0.2, 0) is 4.79 Å². The molecule has 116 valence electrons. The standard InChI is InChI=1S/C13H20N4O4/c1-3-17(7-8(2)13(19)20)12(18)10-15-11(21-16-10)9-5-4-6-14-9/h8-9,14H,3-7H2,1-2H3,(H,19,20). The molecule has 2 rings (SSSR count). The molecule has 21 heavy (non-hydrogen) atoms. The van der Waals surface area contributed by atoms with E-state index in [0.717, 1.165) is 19.4 Å². The quantitative estimate of drug-likeness (QED) is 0.794. The highest BCUT2D eigenvalue weighted by Gasteiger charge is 2.27. The van der Waals surface area contributed by atoms with E-state index in [-0.39, 0.29) is 18.4 Å². The Morgan fingerprint density at radius 3 is 2.90 bits per heavy atom. The molecule has 1 aliphatic rings. The molecule has 0 aliphatic carbocycles. The van der Waals surface area contributed by atoms with Crippen LogP contribution >= 0.6 is 0 Å². The maximum absolute atomic E-state index is 12.3. The third kappa shape index (κ3) is 3.57. The number of rotatable bonds is 6. The summed E-state index contributed by atoms with van der Waals surface area (Å²) in [6.07, 6.45) is 1.94. The molecule has 0 saturated carbocycles. The van der Waals surface area contributed by atoms with Crippen LogP contribution in [0, 0.1) is 5.92 Å². The van der Waals surface area contributed by atoms with Gasteiger partial charge >= 0.3 is 5.97 Å². The van der Waals surface area contributed by atoms with Crippen LogP contribution < -0.4 is 5.32 Å². The number of carbonyl (C=O) groups is 2. The number of carboxylic acid groups (broad SMARTS) is 1. The van der Waals surface area contributed by atoms with Crippen LogP contribution in [0.2, 0.25) is 0 Å². The van der Waals surface area contributed by atoms with Crippen molar-refractivity contribution in [2.75, 3.05) is 19.6 Å². The lowest BCUT2D eigenvalue weighted by Gasteiger charge is -2.21. The zero-order valence-electron chi connectivity index (χ0n) is 12.2. The first-order valence-corrected chi connectivity index (χ1v) is 7.12. The lowest BCUT2D eigenvalue weighted by molar-refractivity contribution is -0.141. The minimum Gasteiger partial charge on any atom is -0.481 e. The fourth-order valence-electron chi connectivity index (χ4n) is 2.26. The molecule has 2 unspecified atom stereocenters. The average Bonchev–Trinajstić information content (AvgIpc) is 3.13. The third-order valence-electron chi connectivity index (χ3n) is 3.58. The molecular weight excluding hydrogens is 276 g/mol. The van der Waals surface area contributed by atoms with Crippen LogP contribution in [0.15, 0.2) is 4.52 Å². The summed E-state index contributed by atoms with van der Waals surface area (Å²) in [5.74, 6) is -1.59. The highest BCUT2D eigenvalue weighted by Crippen LogP contribution is 2.21. The summed E-state index contributed by atoms with van der Waals surface area (Å²) in [5, 5.41) is 15.9. The molecule has 0 radical (unpaired) electrons. The van der Waals surface area contributed by atoms with Crippen molar-refractivity contribution >= 4 is 11.9 Å². The van der Waals surface area contributed by atoms with E-state index in [2.05, 4.69) is 15.5 Å². The number of amides is 1. The van der Waals surface area contributed by atoms with Gasteiger partial charge in [0, 0.05) is 13.1 Å². The molecule has 8 nitrogen and oxygen atoms in total. The Balaban J connectivity index is 2.05. The van der Waals surface area contributed by atoms with Gasteiger partial charge in [0.05, 0.1) is 12.0 Å². The summed E-state index contributed by atoms with van der Waals surface area (Å²) in [7, 11) is 0. The highest BCUT2D eigenvalue weighted by molar-refractivity contribution is 5.90. The van der Waals surface area contributed by atoms with Crippen molar-refractivity contribution in [2.24, 2.45) is 5.92 Å². The number of hydrogen-bond acceptors (Lipinski definition) is 6. The van der Waals surface area contributed by atoms with E-state index in [1.54, 1.807) is 13.8 Å². The summed E-state index contributed by atoms with van der Waals surface area (Å²) >= 11 is 0. The molecule has 0 bridgehead atoms. The largest absolute Gasteiger partial charge is 0.481 e. The number of aromatic nitrogens is 2. The molecule has 0 aromatic carbocycles. The summed E-state index contributed by atoms with van der Waals surface area (Å²) in [6, 6.07) is 0.00655. The van der Waals surface area contributed by atoms with Crippen LogP contribution in [0.1, 0.15) is 49.2 Å². The van der Waals surface area contributed by atoms with E-state index in [1.165, 1.54) is 4.90 Å². The number of carbonyl (C=O) groups excluding carboxylic acids is 1. The van der Waals surface area contributed by atoms with Gasteiger partial charge in [0.15, 0.2) is 0 Å². The zero-order valence-corrected chi connectivity index (χ0v) is 12.2. The van der Waals surface area contributed by atoms with E-state index in [1.807, 2.05) is 0 Å². The Hall–Kier alpha value is -1.96. The Kier molecular flexibility index (Phi) is 4.89. The minimum atomic E-state index is -0.940. The number of nitrogens with one attached hydrogen (secondary N) is 1. The molecule has 1 aliphatic heterocycles. The lowest BCUT2D eigenvalue weighted by atomic mass is 10.1. The molecular formula is C13H20N4O4. The van der Waals surface area contributed by atoms with Gasteiger partial charge in [0.1, 0.15) is 0 Å². The maximum Gasteiger partial charge on any atom is 0.308 e. The molecule has 2 atom stereocenters. The number of nitrogens with zero attached hydrogens (tertiary/aromatic N) is 3. The van der Waals surface area contributed by atoms with Crippen molar-refractivity contribution in [3.63, 3.8) is 0 Å². The summed E-state index contributed by atoms with van der Waals surface area (Å²) < 4.78 is 5.13. The van der Waals surface area contributed by atoms with E-state index >= 15 is 0 Å². The third-order valence-corrected chi connectivity index (χ3v) is 3.58. The molecule has 8 heteroatoms. The summed E-state index contributed by atoms with van der Waals surface area (Å²) in [6.45, 7) is 4.75. The van der Waals surface area contributed by atoms with Crippen LogP contribution in [0.25, 0.3) is 0 Å². The van der Waals surface area contributed by atoms with Crippen molar-refractivity contribution in [1.29, 1.82) is 0 Å². The van der Waals surface area contributed by atoms with Gasteiger partial charge in [-0.3, -0.25) is 9.59 Å². The molecule has 2 N–H and O–H groups in total. The van der Waals surface area contributed by atoms with E-state index in [0.29, 0.717) is 12.4 Å². The average molecular weight is 296 g/mol. The molecule has 1 saturated heterocycles. The van der Waals surface area contributed by atoms with E-state index < -0.39 is 17.8 Å². The van der Waals surface area contributed by atoms with Crippen LogP contribution in [0.5, 0.6) is 0 Å². The Labute approximate surface area is 122 Å². The first-order valence-electron chi connectivity index (χ1n) is 7.12. The van der Waals surface area contributed by atoms with Gasteiger partial charge in [-0.05, 0) is 26.3 Å². The minimum absolute atomic E-state index is 0.00655. The summed E-state index contributed by atoms with van der Waals surface area (Å²) in [5.41, 5.74) is 0. The van der Waals surface area contributed by atoms with Crippen molar-refractivity contribution in [3.8, 4) is 0 Å². The molecule has 1 amide bonds. The smallest absolute Gasteiger partial charge is 0.308 e. The van der Waals surface area contributed by atoms with E-state index in [9.17, 15) is 9.59 Å². The molecule has 0 spiro atoms. The normalized spacial score (nSPS) is 19.4. The molecule has 1 fully saturated rings. The Morgan fingerprint density at radius 1 is 1.57 bits per heavy atom. The zero-order chi connectivity index (χ0) is 15.4. The van der Waals surface area contributed by atoms with Crippen LogP contribution in [0.3, 0.4) is 0 Å². The molecule has 1 aromatic rings. The SMILES string of the molecule is CCN(CC(C)C(=O)O)C(=O)c1noc(C2CCCN2)n1. The Bertz CT molecular complexity index is 510. The van der Waals surface area contributed by atoms with Gasteiger partial charge in [0.25, 0.3) is 11.7 Å². The van der Waals surface area contributed by atoms with Gasteiger partial charge in [-0.1, -0.05) is 12.1 Å². The fraction of sp³-hybridized carbons (Fsp3) is 0.692. The number of carboxylic acids is 1. The van der Waals surface area contributed by atoms with Crippen molar-refractivity contribution in [1.82, 2.24) is 20.4 Å². The first-order chi connectivity index (χ1) is 10.0. The second kappa shape index (κ2) is 6.66. The summed E-state index contributed by atoms with van der Waals surface area (Å²) in [4.78, 5) is 28.7. The first kappa shape index (κ1) is 15.4. The molecule has 2 heterocycles. The topological polar surface area (TPSA) is 109 Å². The van der Waals surface area contributed by atoms with Gasteiger partial charge in [-0.2, -0.15) is 4.98 Å². The number of aliphatic carboxylic acids is 1. The fourth-order valence-corrected chi connectivity index (χ4v) is 2.26. The number of hydrogen-bond donors (Lipinski definition) is 2. The van der Waals surface area contributed by atoms with Gasteiger partial charge in [-0.15, -0.1) is 0 Å². The molecule has 1 aromatic heterocycles. The predicted molar refractivity (Wildman–Crippen MR) is 72.7 cm³/mol. The van der Waals surface area contributed by atoms with Gasteiger partial charge < -0.3 is 19.8 Å². The van der Waals surface area contributed by atoms with Crippen molar-refractivity contribution < 1.29 is 19.2 Å². The monoisotopic (exact) mass is 296 g/mol. The van der Waals surface area contributed by atoms with Crippen molar-refractivity contribution in [2.45, 2.75) is 32.7 Å². The second-order valence-corrected chi connectivity index (χ2v) is 5.19. The van der Waals surface area contributed by atoms with Crippen LogP contribution in [-0.4, -0.2) is 51.7 Å². The maximum atomic E-state index is 12.3. The lowest BCUT2D eigenvalue weighted by Crippen LogP contribution is -2.37. The Morgan fingerprint density at radius 2 is 2.33 bits per heavy atom. The van der Waals surface area contributed by atoms with Crippen LogP contribution in [0.4, 0.5) is 0 Å². The van der Waals surface area contributed by atoms with Crippen molar-refractivity contribution in [3.05, 3.63) is 11.7 Å². The van der Waals surface area contributed by atoms with E-state index in [4.69, 9.17) is 9.63 Å². The second-order valence-electron chi connectivity index (χ2n) is 5.19. The predicted octanol–water partition coefficient (Wildman–Crippen LogP) is 0.677. The van der Waals surface area contributed by atoms with Gasteiger partial charge in [-0.25, -0.2) is 0 Å².